The van der Waals surface area contributed by atoms with Gasteiger partial charge in [-0.25, -0.2) is 0 Å². The maximum absolute atomic E-state index is 5.53. The molecule has 0 spiro atoms. The molecule has 0 bridgehead atoms. The van der Waals surface area contributed by atoms with Crippen LogP contribution in [-0.4, -0.2) is 23.1 Å². The monoisotopic (exact) mass is 271 g/mol. The number of pyridine rings is 2. The van der Waals surface area contributed by atoms with Crippen LogP contribution in [0.2, 0.25) is 0 Å². The second-order valence-electron chi connectivity index (χ2n) is 4.61. The van der Waals surface area contributed by atoms with Gasteiger partial charge in [-0.1, -0.05) is 6.92 Å². The van der Waals surface area contributed by atoms with Gasteiger partial charge in [0.15, 0.2) is 0 Å². The molecule has 0 aromatic carbocycles. The summed E-state index contributed by atoms with van der Waals surface area (Å²) < 4.78 is 5.53. The Balaban J connectivity index is 2.35. The van der Waals surface area contributed by atoms with E-state index in [0.29, 0.717) is 6.61 Å². The summed E-state index contributed by atoms with van der Waals surface area (Å²) in [6.45, 7) is 7.60. The SMILES string of the molecule is CCNC(c1cncc(OCC)c1)c1ccnc(C)c1. The average molecular weight is 271 g/mol. The second kappa shape index (κ2) is 7.01. The molecule has 0 aliphatic carbocycles. The minimum absolute atomic E-state index is 0.106. The summed E-state index contributed by atoms with van der Waals surface area (Å²) >= 11 is 0. The molecule has 0 radical (unpaired) electrons. The van der Waals surface area contributed by atoms with E-state index in [1.54, 1.807) is 6.20 Å². The number of hydrogen-bond acceptors (Lipinski definition) is 4. The Morgan fingerprint density at radius 2 is 2.05 bits per heavy atom. The van der Waals surface area contributed by atoms with Crippen LogP contribution in [0.1, 0.15) is 36.7 Å². The molecule has 1 N–H and O–H groups in total. The number of aromatic nitrogens is 2. The topological polar surface area (TPSA) is 47.0 Å². The lowest BCUT2D eigenvalue weighted by atomic mass is 10.0. The van der Waals surface area contributed by atoms with Crippen molar-refractivity contribution in [3.8, 4) is 5.75 Å². The largest absolute Gasteiger partial charge is 0.492 e. The van der Waals surface area contributed by atoms with Crippen molar-refractivity contribution in [2.45, 2.75) is 26.8 Å². The molecular weight excluding hydrogens is 250 g/mol. The van der Waals surface area contributed by atoms with Gasteiger partial charge >= 0.3 is 0 Å². The van der Waals surface area contributed by atoms with Crippen molar-refractivity contribution in [2.24, 2.45) is 0 Å². The van der Waals surface area contributed by atoms with Crippen LogP contribution >= 0.6 is 0 Å². The fourth-order valence-corrected chi connectivity index (χ4v) is 2.22. The number of ether oxygens (including phenoxy) is 1. The van der Waals surface area contributed by atoms with E-state index in [0.717, 1.165) is 23.6 Å². The fourth-order valence-electron chi connectivity index (χ4n) is 2.22. The maximum atomic E-state index is 5.53. The smallest absolute Gasteiger partial charge is 0.137 e. The van der Waals surface area contributed by atoms with E-state index < -0.39 is 0 Å². The van der Waals surface area contributed by atoms with Gasteiger partial charge in [0.2, 0.25) is 0 Å². The van der Waals surface area contributed by atoms with Crippen molar-refractivity contribution in [1.29, 1.82) is 0 Å². The quantitative estimate of drug-likeness (QED) is 0.877. The lowest BCUT2D eigenvalue weighted by Crippen LogP contribution is -2.22. The van der Waals surface area contributed by atoms with Crippen molar-refractivity contribution in [1.82, 2.24) is 15.3 Å². The van der Waals surface area contributed by atoms with Crippen molar-refractivity contribution in [3.63, 3.8) is 0 Å². The summed E-state index contributed by atoms with van der Waals surface area (Å²) in [5, 5.41) is 3.49. The summed E-state index contributed by atoms with van der Waals surface area (Å²) in [6.07, 6.45) is 5.47. The number of aryl methyl sites for hydroxylation is 1. The first-order chi connectivity index (χ1) is 9.74. The molecule has 0 fully saturated rings. The molecule has 2 heterocycles. The zero-order chi connectivity index (χ0) is 14.4. The summed E-state index contributed by atoms with van der Waals surface area (Å²) in [7, 11) is 0. The highest BCUT2D eigenvalue weighted by atomic mass is 16.5. The van der Waals surface area contributed by atoms with Crippen molar-refractivity contribution in [2.75, 3.05) is 13.2 Å². The van der Waals surface area contributed by atoms with E-state index in [4.69, 9.17) is 4.74 Å². The van der Waals surface area contributed by atoms with Gasteiger partial charge in [0.05, 0.1) is 18.8 Å². The van der Waals surface area contributed by atoms with E-state index >= 15 is 0 Å². The van der Waals surface area contributed by atoms with Gasteiger partial charge < -0.3 is 10.1 Å². The Bertz CT molecular complexity index is 557. The minimum Gasteiger partial charge on any atom is -0.492 e. The van der Waals surface area contributed by atoms with Crippen LogP contribution in [0.5, 0.6) is 5.75 Å². The summed E-state index contributed by atoms with van der Waals surface area (Å²) in [4.78, 5) is 8.53. The van der Waals surface area contributed by atoms with Gasteiger partial charge in [-0.05, 0) is 49.7 Å². The van der Waals surface area contributed by atoms with Gasteiger partial charge in [-0.15, -0.1) is 0 Å². The first-order valence-electron chi connectivity index (χ1n) is 6.98. The van der Waals surface area contributed by atoms with Gasteiger partial charge in [-0.2, -0.15) is 0 Å². The zero-order valence-corrected chi connectivity index (χ0v) is 12.3. The average Bonchev–Trinajstić information content (AvgIpc) is 2.45. The van der Waals surface area contributed by atoms with Crippen LogP contribution in [0.4, 0.5) is 0 Å². The van der Waals surface area contributed by atoms with E-state index in [1.165, 1.54) is 5.56 Å². The molecule has 4 nitrogen and oxygen atoms in total. The molecular formula is C16H21N3O. The zero-order valence-electron chi connectivity index (χ0n) is 12.3. The van der Waals surface area contributed by atoms with Gasteiger partial charge in [0.25, 0.3) is 0 Å². The van der Waals surface area contributed by atoms with Crippen molar-refractivity contribution < 1.29 is 4.74 Å². The normalized spacial score (nSPS) is 12.2. The van der Waals surface area contributed by atoms with Crippen LogP contribution in [0.25, 0.3) is 0 Å². The van der Waals surface area contributed by atoms with Gasteiger partial charge in [0.1, 0.15) is 5.75 Å². The predicted octanol–water partition coefficient (Wildman–Crippen LogP) is 2.88. The molecule has 2 aromatic rings. The molecule has 1 unspecified atom stereocenters. The standard InChI is InChI=1S/C16H21N3O/c1-4-18-16(13-6-7-19-12(3)8-13)14-9-15(20-5-2)11-17-10-14/h6-11,16,18H,4-5H2,1-3H3. The third-order valence-electron chi connectivity index (χ3n) is 3.04. The first-order valence-corrected chi connectivity index (χ1v) is 6.98. The lowest BCUT2D eigenvalue weighted by Gasteiger charge is -2.19. The molecule has 2 rings (SSSR count). The van der Waals surface area contributed by atoms with E-state index in [-0.39, 0.29) is 6.04 Å². The van der Waals surface area contributed by atoms with Crippen LogP contribution in [-0.2, 0) is 0 Å². The Hall–Kier alpha value is -1.94. The fraction of sp³-hybridized carbons (Fsp3) is 0.375. The highest BCUT2D eigenvalue weighted by Crippen LogP contribution is 2.24. The Kier molecular flexibility index (Phi) is 5.07. The van der Waals surface area contributed by atoms with Gasteiger partial charge in [-0.3, -0.25) is 9.97 Å². The molecule has 0 saturated carbocycles. The predicted molar refractivity (Wildman–Crippen MR) is 79.9 cm³/mol. The molecule has 0 aliphatic rings. The molecule has 0 saturated heterocycles. The minimum atomic E-state index is 0.106. The highest BCUT2D eigenvalue weighted by molar-refractivity contribution is 5.34. The third-order valence-corrected chi connectivity index (χ3v) is 3.04. The number of hydrogen-bond donors (Lipinski definition) is 1. The summed E-state index contributed by atoms with van der Waals surface area (Å²) in [6, 6.07) is 6.28. The third kappa shape index (κ3) is 3.54. The van der Waals surface area contributed by atoms with E-state index in [1.807, 2.05) is 38.4 Å². The van der Waals surface area contributed by atoms with E-state index in [2.05, 4.69) is 28.3 Å². The first kappa shape index (κ1) is 14.5. The molecule has 4 heteroatoms. The summed E-state index contributed by atoms with van der Waals surface area (Å²) in [5.74, 6) is 0.804. The lowest BCUT2D eigenvalue weighted by molar-refractivity contribution is 0.338. The molecule has 106 valence electrons. The van der Waals surface area contributed by atoms with Crippen LogP contribution < -0.4 is 10.1 Å². The Morgan fingerprint density at radius 1 is 1.20 bits per heavy atom. The van der Waals surface area contributed by atoms with Crippen LogP contribution in [0, 0.1) is 6.92 Å². The van der Waals surface area contributed by atoms with Crippen LogP contribution in [0.3, 0.4) is 0 Å². The highest BCUT2D eigenvalue weighted by Gasteiger charge is 2.14. The second-order valence-corrected chi connectivity index (χ2v) is 4.61. The van der Waals surface area contributed by atoms with Crippen molar-refractivity contribution in [3.05, 3.63) is 53.6 Å². The van der Waals surface area contributed by atoms with Crippen LogP contribution in [0.15, 0.2) is 36.8 Å². The van der Waals surface area contributed by atoms with Crippen molar-refractivity contribution >= 4 is 0 Å². The molecule has 20 heavy (non-hydrogen) atoms. The number of nitrogens with zero attached hydrogens (tertiary/aromatic N) is 2. The molecule has 2 aromatic heterocycles. The number of rotatable bonds is 6. The Labute approximate surface area is 120 Å². The summed E-state index contributed by atoms with van der Waals surface area (Å²) in [5.41, 5.74) is 3.30. The maximum Gasteiger partial charge on any atom is 0.137 e. The molecule has 1 atom stereocenters. The van der Waals surface area contributed by atoms with Gasteiger partial charge in [0, 0.05) is 18.1 Å². The number of nitrogens with one attached hydrogen (secondary N) is 1. The Morgan fingerprint density at radius 3 is 2.75 bits per heavy atom. The molecule has 0 aliphatic heterocycles. The van der Waals surface area contributed by atoms with E-state index in [9.17, 15) is 0 Å². The molecule has 0 amide bonds.